The summed E-state index contributed by atoms with van der Waals surface area (Å²) in [4.78, 5) is 52.1. The third kappa shape index (κ3) is 17.2. The van der Waals surface area contributed by atoms with Gasteiger partial charge in [-0.2, -0.15) is 26.3 Å². The molecule has 0 aliphatic rings. The van der Waals surface area contributed by atoms with Crippen molar-refractivity contribution in [2.45, 2.75) is 62.6 Å². The van der Waals surface area contributed by atoms with E-state index in [4.69, 9.17) is 24.7 Å². The highest BCUT2D eigenvalue weighted by molar-refractivity contribution is 6.02. The number of ketones is 2. The van der Waals surface area contributed by atoms with Crippen LogP contribution in [0.1, 0.15) is 69.5 Å². The summed E-state index contributed by atoms with van der Waals surface area (Å²) < 4.78 is 95.4. The lowest BCUT2D eigenvalue weighted by molar-refractivity contribution is -0.138. The number of carbonyl (C=O) groups is 4. The zero-order valence-electron chi connectivity index (χ0n) is 35.6. The zero-order chi connectivity index (χ0) is 48.6. The molecule has 11 nitrogen and oxygen atoms in total. The zero-order valence-corrected chi connectivity index (χ0v) is 35.6. The van der Waals surface area contributed by atoms with Crippen LogP contribution in [0.3, 0.4) is 0 Å². The first-order valence-corrected chi connectivity index (χ1v) is 20.7. The van der Waals surface area contributed by atoms with Crippen molar-refractivity contribution in [2.75, 3.05) is 18.9 Å². The monoisotopic (exact) mass is 933 g/mol. The van der Waals surface area contributed by atoms with Crippen molar-refractivity contribution in [3.63, 3.8) is 0 Å². The fourth-order valence-corrected chi connectivity index (χ4v) is 6.20. The van der Waals surface area contributed by atoms with E-state index in [1.54, 1.807) is 24.3 Å². The van der Waals surface area contributed by atoms with Crippen LogP contribution in [-0.2, 0) is 16.0 Å². The number of anilines is 1. The van der Waals surface area contributed by atoms with Crippen molar-refractivity contribution in [2.24, 2.45) is 0 Å². The van der Waals surface area contributed by atoms with E-state index in [2.05, 4.69) is 0 Å². The first-order valence-electron chi connectivity index (χ1n) is 20.7. The Hall–Kier alpha value is -7.24. The smallest absolute Gasteiger partial charge is 0.389 e. The summed E-state index contributed by atoms with van der Waals surface area (Å²) in [6.07, 6.45) is -8.75. The molecule has 4 N–H and O–H groups in total. The lowest BCUT2D eigenvalue weighted by Crippen LogP contribution is -2.44. The average Bonchev–Trinajstić information content (AvgIpc) is 3.29. The Kier molecular flexibility index (Phi) is 17.6. The molecule has 2 atom stereocenters. The van der Waals surface area contributed by atoms with E-state index in [0.29, 0.717) is 22.4 Å². The van der Waals surface area contributed by atoms with Gasteiger partial charge in [0.25, 0.3) is 0 Å². The third-order valence-corrected chi connectivity index (χ3v) is 9.77. The highest BCUT2D eigenvalue weighted by atomic mass is 19.4. The van der Waals surface area contributed by atoms with Gasteiger partial charge in [-0.1, -0.05) is 48.6 Å². The molecule has 0 saturated heterocycles. The summed E-state index contributed by atoms with van der Waals surface area (Å²) >= 11 is 0. The molecule has 0 radical (unpaired) electrons. The predicted octanol–water partition coefficient (Wildman–Crippen LogP) is 9.74. The number of hydrogen-bond acceptors (Lipinski definition) is 11. The quantitative estimate of drug-likeness (QED) is 0.0151. The van der Waals surface area contributed by atoms with Crippen LogP contribution in [0, 0.1) is 0 Å². The van der Waals surface area contributed by atoms with Gasteiger partial charge < -0.3 is 34.9 Å². The molecule has 0 bridgehead atoms. The molecule has 67 heavy (non-hydrogen) atoms. The third-order valence-electron chi connectivity index (χ3n) is 9.77. The average molecular weight is 934 g/mol. The minimum Gasteiger partial charge on any atom is -0.494 e. The molecule has 17 heteroatoms. The molecule has 0 spiro atoms. The minimum absolute atomic E-state index is 0.146. The number of nitrogen functional groups attached to an aromatic ring is 1. The largest absolute Gasteiger partial charge is 0.494 e. The van der Waals surface area contributed by atoms with Crippen LogP contribution < -0.4 is 24.7 Å². The Bertz CT molecular complexity index is 2490. The number of halogens is 6. The topological polar surface area (TPSA) is 172 Å². The maximum Gasteiger partial charge on any atom is 0.389 e. The van der Waals surface area contributed by atoms with Crippen molar-refractivity contribution in [3.8, 4) is 23.0 Å². The standard InChI is InChI=1S/C50H45F6NO10/c51-49(52,53)27-1-29-64-39-21-11-36(12-22-39)46(61)66-41-17-5-33(6-18-41)9-25-43(58)44(59)32-48(63,31-35-3-15-38(57)16-4-35)45(60)26-10-34-7-19-42(20-8-34)67-47(62)37-13-23-40(24-14-37)65-30-2-28-50(54,55)56/h3-26,44,59,63H,1-2,27-32,57H2/b25-9+,26-10+. The van der Waals surface area contributed by atoms with Crippen LogP contribution in [0.15, 0.2) is 133 Å². The van der Waals surface area contributed by atoms with E-state index < -0.39 is 66.8 Å². The summed E-state index contributed by atoms with van der Waals surface area (Å²) in [5, 5.41) is 22.7. The number of nitrogens with two attached hydrogens (primary N) is 1. The van der Waals surface area contributed by atoms with E-state index in [9.17, 15) is 55.7 Å². The number of rotatable bonds is 22. The molecule has 5 rings (SSSR count). The summed E-state index contributed by atoms with van der Waals surface area (Å²) in [5.41, 5.74) is 5.74. The van der Waals surface area contributed by atoms with Crippen molar-refractivity contribution < 1.29 is 74.7 Å². The Labute approximate surface area is 381 Å². The molecular weight excluding hydrogens is 889 g/mol. The lowest BCUT2D eigenvalue weighted by Gasteiger charge is -2.27. The molecule has 5 aromatic carbocycles. The lowest BCUT2D eigenvalue weighted by atomic mass is 9.83. The molecule has 0 fully saturated rings. The maximum atomic E-state index is 13.6. The summed E-state index contributed by atoms with van der Waals surface area (Å²) in [6.45, 7) is -0.293. The van der Waals surface area contributed by atoms with E-state index in [1.165, 1.54) is 109 Å². The summed E-state index contributed by atoms with van der Waals surface area (Å²) in [5.74, 6) is -2.16. The van der Waals surface area contributed by atoms with Gasteiger partial charge in [-0.15, -0.1) is 0 Å². The van der Waals surface area contributed by atoms with Gasteiger partial charge in [0.1, 0.15) is 34.7 Å². The van der Waals surface area contributed by atoms with Gasteiger partial charge in [-0.3, -0.25) is 9.59 Å². The Morgan fingerprint density at radius 3 is 1.39 bits per heavy atom. The number of aliphatic hydroxyl groups is 2. The van der Waals surface area contributed by atoms with Gasteiger partial charge in [0.2, 0.25) is 0 Å². The molecule has 0 amide bonds. The van der Waals surface area contributed by atoms with E-state index in [1.807, 2.05) is 0 Å². The number of aliphatic hydroxyl groups excluding tert-OH is 1. The van der Waals surface area contributed by atoms with Crippen LogP contribution in [-0.4, -0.2) is 71.0 Å². The van der Waals surface area contributed by atoms with E-state index in [-0.39, 0.29) is 66.6 Å². The van der Waals surface area contributed by atoms with E-state index >= 15 is 0 Å². The molecular formula is C50H45F6NO10. The van der Waals surface area contributed by atoms with Crippen LogP contribution in [0.4, 0.5) is 32.0 Å². The number of hydrogen-bond donors (Lipinski definition) is 3. The van der Waals surface area contributed by atoms with Gasteiger partial charge >= 0.3 is 24.3 Å². The second-order valence-electron chi connectivity index (χ2n) is 15.2. The highest BCUT2D eigenvalue weighted by Crippen LogP contribution is 2.26. The normalized spacial score (nSPS) is 13.2. The van der Waals surface area contributed by atoms with Crippen molar-refractivity contribution in [1.82, 2.24) is 0 Å². The second kappa shape index (κ2) is 23.3. The maximum absolute atomic E-state index is 13.6. The first kappa shape index (κ1) is 50.8. The Balaban J connectivity index is 1.15. The van der Waals surface area contributed by atoms with Gasteiger partial charge in [-0.05, 0) is 127 Å². The SMILES string of the molecule is Nc1ccc(CC(O)(CC(O)C(=O)/C=C/c2ccc(OC(=O)c3ccc(OCCCC(F)(F)F)cc3)cc2)C(=O)/C=C/c2ccc(OC(=O)c3ccc(OCCCC(F)(F)F)cc3)cc2)cc1. The predicted molar refractivity (Wildman–Crippen MR) is 235 cm³/mol. The summed E-state index contributed by atoms with van der Waals surface area (Å²) in [6, 6.07) is 29.7. The van der Waals surface area contributed by atoms with Crippen LogP contribution in [0.2, 0.25) is 0 Å². The molecule has 0 aliphatic carbocycles. The summed E-state index contributed by atoms with van der Waals surface area (Å²) in [7, 11) is 0. The number of esters is 2. The molecule has 352 valence electrons. The molecule has 2 unspecified atom stereocenters. The number of carbonyl (C=O) groups excluding carboxylic acids is 4. The molecule has 0 aliphatic heterocycles. The van der Waals surface area contributed by atoms with E-state index in [0.717, 1.165) is 12.2 Å². The molecule has 0 saturated carbocycles. The Morgan fingerprint density at radius 2 is 0.970 bits per heavy atom. The van der Waals surface area contributed by atoms with Gasteiger partial charge in [-0.25, -0.2) is 9.59 Å². The number of alkyl halides is 6. The number of ether oxygens (including phenoxy) is 4. The fraction of sp³-hybridized carbons (Fsp3) is 0.240. The fourth-order valence-electron chi connectivity index (χ4n) is 6.20. The second-order valence-corrected chi connectivity index (χ2v) is 15.2. The first-order chi connectivity index (χ1) is 31.7. The van der Waals surface area contributed by atoms with Crippen molar-refractivity contribution in [1.29, 1.82) is 0 Å². The van der Waals surface area contributed by atoms with Gasteiger partial charge in [0.05, 0.1) is 24.3 Å². The molecule has 0 aromatic heterocycles. The Morgan fingerprint density at radius 1 is 0.567 bits per heavy atom. The highest BCUT2D eigenvalue weighted by Gasteiger charge is 2.38. The minimum atomic E-state index is -4.28. The van der Waals surface area contributed by atoms with Crippen LogP contribution in [0.25, 0.3) is 12.2 Å². The van der Waals surface area contributed by atoms with Crippen molar-refractivity contribution in [3.05, 3.63) is 161 Å². The van der Waals surface area contributed by atoms with Gasteiger partial charge in [0, 0.05) is 31.4 Å². The van der Waals surface area contributed by atoms with Crippen LogP contribution >= 0.6 is 0 Å². The van der Waals surface area contributed by atoms with Crippen LogP contribution in [0.5, 0.6) is 23.0 Å². The molecule has 5 aromatic rings. The van der Waals surface area contributed by atoms with Crippen molar-refractivity contribution >= 4 is 41.3 Å². The van der Waals surface area contributed by atoms with Gasteiger partial charge in [0.15, 0.2) is 11.6 Å². The number of benzene rings is 5. The molecule has 0 heterocycles.